The number of benzene rings is 3. The molecule has 6 heteroatoms. The minimum Gasteiger partial charge on any atom is -0.322 e. The number of hydrogen-bond acceptors (Lipinski definition) is 3. The molecule has 0 aliphatic carbocycles. The van der Waals surface area contributed by atoms with E-state index in [1.165, 1.54) is 9.87 Å². The van der Waals surface area contributed by atoms with Crippen molar-refractivity contribution >= 4 is 27.3 Å². The molecular weight excluding hydrogens is 432 g/mol. The second-order valence-electron chi connectivity index (χ2n) is 9.62. The number of sulfonamides is 1. The van der Waals surface area contributed by atoms with Gasteiger partial charge in [0.15, 0.2) is 0 Å². The zero-order chi connectivity index (χ0) is 23.8. The van der Waals surface area contributed by atoms with Crippen LogP contribution >= 0.6 is 0 Å². The molecule has 0 saturated carbocycles. The molecule has 1 N–H and O–H groups in total. The van der Waals surface area contributed by atoms with Crippen LogP contribution in [0.25, 0.3) is 0 Å². The Morgan fingerprint density at radius 2 is 1.61 bits per heavy atom. The van der Waals surface area contributed by atoms with E-state index in [-0.39, 0.29) is 16.2 Å². The zero-order valence-electron chi connectivity index (χ0n) is 19.6. The minimum absolute atomic E-state index is 0.0261. The van der Waals surface area contributed by atoms with Crippen LogP contribution in [0.3, 0.4) is 0 Å². The Bertz CT molecular complexity index is 1270. The number of carbonyl (C=O) groups excluding carboxylic acids is 1. The standard InChI is InChI=1S/C27H30N2O3S/c1-19-7-14-24(15-8-19)33(31,32)29-17-5-6-21-18-23(13-16-25(21)29)28-26(30)20-9-11-22(12-10-20)27(2,3)4/h7-16,18H,5-6,17H2,1-4H3,(H,28,30). The average Bonchev–Trinajstić information content (AvgIpc) is 2.78. The summed E-state index contributed by atoms with van der Waals surface area (Å²) in [5.74, 6) is -0.185. The molecule has 1 aliphatic heterocycles. The van der Waals surface area contributed by atoms with E-state index in [1.807, 2.05) is 49.4 Å². The summed E-state index contributed by atoms with van der Waals surface area (Å²) >= 11 is 0. The third-order valence-corrected chi connectivity index (χ3v) is 7.86. The Hall–Kier alpha value is -3.12. The molecule has 0 unspecified atom stereocenters. The summed E-state index contributed by atoms with van der Waals surface area (Å²) in [7, 11) is -3.64. The maximum Gasteiger partial charge on any atom is 0.264 e. The highest BCUT2D eigenvalue weighted by Crippen LogP contribution is 2.34. The number of anilines is 2. The number of hydrogen-bond donors (Lipinski definition) is 1. The third kappa shape index (κ3) is 4.81. The number of amides is 1. The number of rotatable bonds is 4. The van der Waals surface area contributed by atoms with Crippen LogP contribution in [-0.4, -0.2) is 20.9 Å². The lowest BCUT2D eigenvalue weighted by molar-refractivity contribution is 0.102. The van der Waals surface area contributed by atoms with E-state index in [2.05, 4.69) is 26.1 Å². The van der Waals surface area contributed by atoms with Crippen molar-refractivity contribution in [1.29, 1.82) is 0 Å². The van der Waals surface area contributed by atoms with Gasteiger partial charge in [0.2, 0.25) is 0 Å². The van der Waals surface area contributed by atoms with Crippen molar-refractivity contribution in [2.24, 2.45) is 0 Å². The van der Waals surface area contributed by atoms with E-state index in [0.717, 1.165) is 24.0 Å². The number of aryl methyl sites for hydroxylation is 2. The van der Waals surface area contributed by atoms with Crippen LogP contribution in [0.4, 0.5) is 11.4 Å². The molecule has 0 aromatic heterocycles. The summed E-state index contributed by atoms with van der Waals surface area (Å²) in [6, 6.07) is 20.0. The van der Waals surface area contributed by atoms with Crippen molar-refractivity contribution in [1.82, 2.24) is 0 Å². The van der Waals surface area contributed by atoms with Gasteiger partial charge in [-0.2, -0.15) is 0 Å². The highest BCUT2D eigenvalue weighted by atomic mass is 32.2. The van der Waals surface area contributed by atoms with Gasteiger partial charge >= 0.3 is 0 Å². The lowest BCUT2D eigenvalue weighted by Crippen LogP contribution is -2.35. The molecule has 4 rings (SSSR count). The summed E-state index contributed by atoms with van der Waals surface area (Å²) < 4.78 is 28.0. The molecule has 0 fully saturated rings. The summed E-state index contributed by atoms with van der Waals surface area (Å²) in [5.41, 5.74) is 5.05. The second kappa shape index (κ2) is 8.67. The molecule has 0 bridgehead atoms. The van der Waals surface area contributed by atoms with E-state index in [9.17, 15) is 13.2 Å². The lowest BCUT2D eigenvalue weighted by atomic mass is 9.87. The molecule has 0 radical (unpaired) electrons. The molecule has 0 atom stereocenters. The molecule has 1 heterocycles. The first-order chi connectivity index (χ1) is 15.6. The van der Waals surface area contributed by atoms with Gasteiger partial charge in [-0.1, -0.05) is 50.6 Å². The zero-order valence-corrected chi connectivity index (χ0v) is 20.4. The van der Waals surface area contributed by atoms with Crippen LogP contribution in [-0.2, 0) is 21.9 Å². The van der Waals surface area contributed by atoms with Crippen molar-refractivity contribution < 1.29 is 13.2 Å². The lowest BCUT2D eigenvalue weighted by Gasteiger charge is -2.31. The van der Waals surface area contributed by atoms with Crippen LogP contribution in [0.1, 0.15) is 54.2 Å². The Kier molecular flexibility index (Phi) is 6.06. The summed E-state index contributed by atoms with van der Waals surface area (Å²) in [6.45, 7) is 8.78. The van der Waals surface area contributed by atoms with E-state index >= 15 is 0 Å². The number of carbonyl (C=O) groups is 1. The maximum atomic E-state index is 13.3. The molecule has 0 spiro atoms. The van der Waals surface area contributed by atoms with Crippen LogP contribution in [0.5, 0.6) is 0 Å². The fraction of sp³-hybridized carbons (Fsp3) is 0.296. The van der Waals surface area contributed by atoms with E-state index < -0.39 is 10.0 Å². The van der Waals surface area contributed by atoms with Gasteiger partial charge in [-0.3, -0.25) is 9.10 Å². The first kappa shape index (κ1) is 23.1. The molecule has 3 aromatic rings. The maximum absolute atomic E-state index is 13.3. The highest BCUT2D eigenvalue weighted by molar-refractivity contribution is 7.92. The number of nitrogens with one attached hydrogen (secondary N) is 1. The van der Waals surface area contributed by atoms with Gasteiger partial charge in [-0.05, 0) is 78.8 Å². The van der Waals surface area contributed by atoms with Crippen molar-refractivity contribution in [2.45, 2.75) is 50.8 Å². The predicted molar refractivity (Wildman–Crippen MR) is 134 cm³/mol. The second-order valence-corrected chi connectivity index (χ2v) is 11.5. The van der Waals surface area contributed by atoms with Gasteiger partial charge in [0.05, 0.1) is 10.6 Å². The van der Waals surface area contributed by atoms with Gasteiger partial charge in [0, 0.05) is 17.8 Å². The molecule has 33 heavy (non-hydrogen) atoms. The Morgan fingerprint density at radius 1 is 0.939 bits per heavy atom. The first-order valence-corrected chi connectivity index (χ1v) is 12.6. The van der Waals surface area contributed by atoms with Crippen molar-refractivity contribution in [3.8, 4) is 0 Å². The van der Waals surface area contributed by atoms with Gasteiger partial charge in [-0.25, -0.2) is 8.42 Å². The Morgan fingerprint density at radius 3 is 2.24 bits per heavy atom. The number of fused-ring (bicyclic) bond motifs is 1. The fourth-order valence-corrected chi connectivity index (χ4v) is 5.59. The van der Waals surface area contributed by atoms with E-state index in [1.54, 1.807) is 24.3 Å². The highest BCUT2D eigenvalue weighted by Gasteiger charge is 2.29. The largest absolute Gasteiger partial charge is 0.322 e. The van der Waals surface area contributed by atoms with Crippen LogP contribution in [0, 0.1) is 6.92 Å². The SMILES string of the molecule is Cc1ccc(S(=O)(=O)N2CCCc3cc(NC(=O)c4ccc(C(C)(C)C)cc4)ccc32)cc1. The Labute approximate surface area is 196 Å². The molecular formula is C27H30N2O3S. The average molecular weight is 463 g/mol. The van der Waals surface area contributed by atoms with Gasteiger partial charge < -0.3 is 5.32 Å². The van der Waals surface area contributed by atoms with Crippen LogP contribution in [0.2, 0.25) is 0 Å². The summed E-state index contributed by atoms with van der Waals surface area (Å²) in [4.78, 5) is 13.1. The van der Waals surface area contributed by atoms with Crippen LogP contribution < -0.4 is 9.62 Å². The molecule has 172 valence electrons. The normalized spacial score (nSPS) is 14.0. The quantitative estimate of drug-likeness (QED) is 0.542. The first-order valence-electron chi connectivity index (χ1n) is 11.2. The van der Waals surface area contributed by atoms with Gasteiger partial charge in [0.25, 0.3) is 15.9 Å². The molecule has 0 saturated heterocycles. The topological polar surface area (TPSA) is 66.5 Å². The summed E-state index contributed by atoms with van der Waals surface area (Å²) in [6.07, 6.45) is 1.49. The summed E-state index contributed by atoms with van der Waals surface area (Å²) in [5, 5.41) is 2.95. The van der Waals surface area contributed by atoms with E-state index in [0.29, 0.717) is 23.5 Å². The van der Waals surface area contributed by atoms with Crippen LogP contribution in [0.15, 0.2) is 71.6 Å². The third-order valence-electron chi connectivity index (χ3n) is 6.04. The van der Waals surface area contributed by atoms with E-state index in [4.69, 9.17) is 0 Å². The van der Waals surface area contributed by atoms with Crippen molar-refractivity contribution in [2.75, 3.05) is 16.2 Å². The molecule has 3 aromatic carbocycles. The van der Waals surface area contributed by atoms with Gasteiger partial charge in [0.1, 0.15) is 0 Å². The van der Waals surface area contributed by atoms with Crippen molar-refractivity contribution in [3.05, 3.63) is 89.0 Å². The molecule has 1 amide bonds. The molecule has 5 nitrogen and oxygen atoms in total. The van der Waals surface area contributed by atoms with Gasteiger partial charge in [-0.15, -0.1) is 0 Å². The smallest absolute Gasteiger partial charge is 0.264 e. The minimum atomic E-state index is -3.64. The number of nitrogens with zero attached hydrogens (tertiary/aromatic N) is 1. The van der Waals surface area contributed by atoms with Crippen molar-refractivity contribution in [3.63, 3.8) is 0 Å². The Balaban J connectivity index is 1.56. The predicted octanol–water partition coefficient (Wildman–Crippen LogP) is 5.69. The monoisotopic (exact) mass is 462 g/mol. The molecule has 1 aliphatic rings. The fourth-order valence-electron chi connectivity index (χ4n) is 4.05.